The number of nitrogens with zero attached hydrogens (tertiary/aromatic N) is 3. The number of aromatic nitrogens is 1. The molecular weight excluding hydrogens is 260 g/mol. The molecule has 1 N–H and O–H groups in total. The molecule has 4 heteroatoms. The fourth-order valence-corrected chi connectivity index (χ4v) is 2.82. The van der Waals surface area contributed by atoms with E-state index in [2.05, 4.69) is 54.9 Å². The molecule has 0 spiro atoms. The molecule has 1 aromatic rings. The molecule has 1 aromatic heterocycles. The monoisotopic (exact) mass is 290 g/mol. The number of anilines is 1. The number of rotatable bonds is 6. The molecule has 0 atom stereocenters. The van der Waals surface area contributed by atoms with Crippen LogP contribution < -0.4 is 10.2 Å². The van der Waals surface area contributed by atoms with E-state index in [0.717, 1.165) is 44.2 Å². The van der Waals surface area contributed by atoms with Crippen molar-refractivity contribution < 1.29 is 0 Å². The molecule has 0 aromatic carbocycles. The average Bonchev–Trinajstić information content (AvgIpc) is 2.46. The van der Waals surface area contributed by atoms with Crippen molar-refractivity contribution in [1.29, 1.82) is 0 Å². The van der Waals surface area contributed by atoms with Crippen molar-refractivity contribution in [1.82, 2.24) is 15.2 Å². The van der Waals surface area contributed by atoms with E-state index in [0.29, 0.717) is 6.04 Å². The van der Waals surface area contributed by atoms with Crippen LogP contribution in [0.15, 0.2) is 12.1 Å². The van der Waals surface area contributed by atoms with E-state index in [1.165, 1.54) is 18.5 Å². The summed E-state index contributed by atoms with van der Waals surface area (Å²) in [6.07, 6.45) is 1.24. The Kier molecular flexibility index (Phi) is 6.00. The van der Waals surface area contributed by atoms with Gasteiger partial charge in [0.25, 0.3) is 0 Å². The molecule has 1 saturated heterocycles. The Balaban J connectivity index is 1.99. The molecule has 0 radical (unpaired) electrons. The van der Waals surface area contributed by atoms with Crippen LogP contribution in [-0.4, -0.2) is 48.6 Å². The number of nitrogens with one attached hydrogen (secondary N) is 1. The van der Waals surface area contributed by atoms with E-state index in [-0.39, 0.29) is 0 Å². The van der Waals surface area contributed by atoms with Crippen LogP contribution in [0, 0.1) is 6.92 Å². The molecule has 0 unspecified atom stereocenters. The highest BCUT2D eigenvalue weighted by atomic mass is 15.3. The smallest absolute Gasteiger partial charge is 0.129 e. The third-order valence-corrected chi connectivity index (χ3v) is 3.95. The van der Waals surface area contributed by atoms with E-state index >= 15 is 0 Å². The average molecular weight is 290 g/mol. The fraction of sp³-hybridized carbons (Fsp3) is 0.706. The Morgan fingerprint density at radius 2 is 1.90 bits per heavy atom. The van der Waals surface area contributed by atoms with E-state index < -0.39 is 0 Å². The van der Waals surface area contributed by atoms with Crippen LogP contribution in [0.1, 0.15) is 38.4 Å². The molecule has 2 heterocycles. The number of aryl methyl sites for hydroxylation is 1. The Morgan fingerprint density at radius 3 is 2.52 bits per heavy atom. The van der Waals surface area contributed by atoms with Gasteiger partial charge in [0, 0.05) is 44.5 Å². The zero-order valence-electron chi connectivity index (χ0n) is 14.0. The van der Waals surface area contributed by atoms with Gasteiger partial charge in [-0.3, -0.25) is 4.90 Å². The second-order valence-electron chi connectivity index (χ2n) is 6.34. The van der Waals surface area contributed by atoms with E-state index in [1.807, 2.05) is 0 Å². The summed E-state index contributed by atoms with van der Waals surface area (Å²) in [5.41, 5.74) is 2.45. The first-order chi connectivity index (χ1) is 10.1. The minimum Gasteiger partial charge on any atom is -0.354 e. The number of piperazine rings is 1. The first-order valence-corrected chi connectivity index (χ1v) is 8.26. The van der Waals surface area contributed by atoms with Crippen molar-refractivity contribution in [2.24, 2.45) is 0 Å². The van der Waals surface area contributed by atoms with E-state index in [9.17, 15) is 0 Å². The van der Waals surface area contributed by atoms with Crippen LogP contribution >= 0.6 is 0 Å². The van der Waals surface area contributed by atoms with Gasteiger partial charge in [0.1, 0.15) is 5.82 Å². The van der Waals surface area contributed by atoms with Crippen molar-refractivity contribution in [3.8, 4) is 0 Å². The van der Waals surface area contributed by atoms with Gasteiger partial charge in [0.05, 0.1) is 0 Å². The topological polar surface area (TPSA) is 31.4 Å². The summed E-state index contributed by atoms with van der Waals surface area (Å²) in [4.78, 5) is 9.71. The summed E-state index contributed by atoms with van der Waals surface area (Å²) >= 11 is 0. The first kappa shape index (κ1) is 16.2. The van der Waals surface area contributed by atoms with E-state index in [4.69, 9.17) is 4.98 Å². The normalized spacial score (nSPS) is 16.7. The van der Waals surface area contributed by atoms with Crippen LogP contribution in [0.25, 0.3) is 0 Å². The summed E-state index contributed by atoms with van der Waals surface area (Å²) in [6, 6.07) is 4.95. The lowest BCUT2D eigenvalue weighted by molar-refractivity contribution is 0.258. The number of hydrogen-bond acceptors (Lipinski definition) is 4. The van der Waals surface area contributed by atoms with Gasteiger partial charge in [0.2, 0.25) is 0 Å². The Hall–Kier alpha value is -1.13. The van der Waals surface area contributed by atoms with Crippen LogP contribution in [-0.2, 0) is 6.54 Å². The third kappa shape index (κ3) is 4.97. The van der Waals surface area contributed by atoms with Crippen LogP contribution in [0.5, 0.6) is 0 Å². The summed E-state index contributed by atoms with van der Waals surface area (Å²) < 4.78 is 0. The van der Waals surface area contributed by atoms with Gasteiger partial charge in [0.15, 0.2) is 0 Å². The second-order valence-corrected chi connectivity index (χ2v) is 6.34. The fourth-order valence-electron chi connectivity index (χ4n) is 2.82. The lowest BCUT2D eigenvalue weighted by Crippen LogP contribution is -2.46. The lowest BCUT2D eigenvalue weighted by atomic mass is 10.2. The summed E-state index contributed by atoms with van der Waals surface area (Å²) in [6.45, 7) is 15.3. The van der Waals surface area contributed by atoms with Gasteiger partial charge in [-0.1, -0.05) is 20.8 Å². The highest BCUT2D eigenvalue weighted by molar-refractivity contribution is 5.43. The Labute approximate surface area is 129 Å². The molecule has 0 amide bonds. The van der Waals surface area contributed by atoms with Crippen molar-refractivity contribution in [3.05, 3.63) is 23.4 Å². The maximum atomic E-state index is 4.74. The quantitative estimate of drug-likeness (QED) is 0.872. The standard InChI is InChI=1S/C17H30N4/c1-5-6-20-7-9-21(10-8-20)17-12-16(11-15(4)19-17)13-18-14(2)3/h11-12,14,18H,5-10,13H2,1-4H3. The highest BCUT2D eigenvalue weighted by Crippen LogP contribution is 2.17. The third-order valence-electron chi connectivity index (χ3n) is 3.95. The van der Waals surface area contributed by atoms with Gasteiger partial charge in [-0.25, -0.2) is 4.98 Å². The molecule has 2 rings (SSSR count). The van der Waals surface area contributed by atoms with Crippen LogP contribution in [0.4, 0.5) is 5.82 Å². The zero-order valence-corrected chi connectivity index (χ0v) is 14.0. The van der Waals surface area contributed by atoms with Crippen LogP contribution in [0.3, 0.4) is 0 Å². The van der Waals surface area contributed by atoms with Crippen molar-refractivity contribution in [3.63, 3.8) is 0 Å². The molecule has 118 valence electrons. The predicted octanol–water partition coefficient (Wildman–Crippen LogP) is 2.42. The molecule has 0 bridgehead atoms. The minimum absolute atomic E-state index is 0.513. The molecule has 4 nitrogen and oxygen atoms in total. The highest BCUT2D eigenvalue weighted by Gasteiger charge is 2.17. The Morgan fingerprint density at radius 1 is 1.19 bits per heavy atom. The number of hydrogen-bond donors (Lipinski definition) is 1. The predicted molar refractivity (Wildman–Crippen MR) is 89.9 cm³/mol. The maximum Gasteiger partial charge on any atom is 0.129 e. The summed E-state index contributed by atoms with van der Waals surface area (Å²) in [5, 5.41) is 3.49. The minimum atomic E-state index is 0.513. The molecule has 1 fully saturated rings. The van der Waals surface area contributed by atoms with Crippen molar-refractivity contribution in [2.45, 2.75) is 46.7 Å². The molecule has 21 heavy (non-hydrogen) atoms. The first-order valence-electron chi connectivity index (χ1n) is 8.26. The largest absolute Gasteiger partial charge is 0.354 e. The maximum absolute atomic E-state index is 4.74. The van der Waals surface area contributed by atoms with Gasteiger partial charge in [-0.2, -0.15) is 0 Å². The van der Waals surface area contributed by atoms with E-state index in [1.54, 1.807) is 0 Å². The Bertz CT molecular complexity index is 436. The van der Waals surface area contributed by atoms with Gasteiger partial charge in [-0.05, 0) is 37.6 Å². The number of pyridine rings is 1. The molecule has 1 aliphatic rings. The SMILES string of the molecule is CCCN1CCN(c2cc(CNC(C)C)cc(C)n2)CC1. The molecule has 0 aliphatic carbocycles. The second kappa shape index (κ2) is 7.76. The zero-order chi connectivity index (χ0) is 15.2. The van der Waals surface area contributed by atoms with Gasteiger partial charge in [-0.15, -0.1) is 0 Å². The summed E-state index contributed by atoms with van der Waals surface area (Å²) in [7, 11) is 0. The summed E-state index contributed by atoms with van der Waals surface area (Å²) in [5.74, 6) is 1.15. The van der Waals surface area contributed by atoms with Crippen molar-refractivity contribution in [2.75, 3.05) is 37.6 Å². The lowest BCUT2D eigenvalue weighted by Gasteiger charge is -2.35. The van der Waals surface area contributed by atoms with Gasteiger partial charge >= 0.3 is 0 Å². The molecular formula is C17H30N4. The van der Waals surface area contributed by atoms with Gasteiger partial charge < -0.3 is 10.2 Å². The molecule has 1 aliphatic heterocycles. The molecule has 0 saturated carbocycles. The van der Waals surface area contributed by atoms with Crippen molar-refractivity contribution >= 4 is 5.82 Å². The van der Waals surface area contributed by atoms with Crippen LogP contribution in [0.2, 0.25) is 0 Å².